The Morgan fingerprint density at radius 2 is 1.62 bits per heavy atom. The van der Waals surface area contributed by atoms with Crippen LogP contribution < -0.4 is 24.3 Å². The van der Waals surface area contributed by atoms with Gasteiger partial charge in [0.25, 0.3) is 0 Å². The van der Waals surface area contributed by atoms with Crippen LogP contribution in [0.15, 0.2) is 48.7 Å². The van der Waals surface area contributed by atoms with E-state index in [0.29, 0.717) is 0 Å². The third-order valence-corrected chi connectivity index (χ3v) is 5.14. The predicted molar refractivity (Wildman–Crippen MR) is 93.1 cm³/mol. The Morgan fingerprint density at radius 1 is 0.846 bits per heavy atom. The van der Waals surface area contributed by atoms with E-state index in [1.165, 1.54) is 11.3 Å². The highest BCUT2D eigenvalue weighted by atomic mass is 16.7. The summed E-state index contributed by atoms with van der Waals surface area (Å²) in [5, 5.41) is 3.67. The SMILES string of the molecule is c1cc2n(c1)-c1cc3c(cc1CNC2c1ccc2c(c1)OCO2)OCO3. The molecular formula is C20H16N2O4. The first kappa shape index (κ1) is 14.1. The van der Waals surface area contributed by atoms with Crippen molar-refractivity contribution in [1.82, 2.24) is 9.88 Å². The summed E-state index contributed by atoms with van der Waals surface area (Å²) < 4.78 is 24.3. The fourth-order valence-electron chi connectivity index (χ4n) is 3.89. The van der Waals surface area contributed by atoms with Gasteiger partial charge in [0.1, 0.15) is 0 Å². The third kappa shape index (κ3) is 1.96. The molecular weight excluding hydrogens is 332 g/mol. The van der Waals surface area contributed by atoms with Crippen molar-refractivity contribution in [2.24, 2.45) is 0 Å². The third-order valence-electron chi connectivity index (χ3n) is 5.14. The summed E-state index contributed by atoms with van der Waals surface area (Å²) in [7, 11) is 0. The second-order valence-electron chi connectivity index (χ2n) is 6.56. The number of fused-ring (bicyclic) bond motifs is 5. The minimum Gasteiger partial charge on any atom is -0.454 e. The van der Waals surface area contributed by atoms with Crippen LogP contribution in [0.25, 0.3) is 5.69 Å². The van der Waals surface area contributed by atoms with Crippen LogP contribution in [-0.2, 0) is 6.54 Å². The van der Waals surface area contributed by atoms with Gasteiger partial charge < -0.3 is 28.8 Å². The van der Waals surface area contributed by atoms with E-state index in [0.717, 1.165) is 40.8 Å². The normalized spacial score (nSPS) is 19.0. The van der Waals surface area contributed by atoms with Crippen LogP contribution in [0.5, 0.6) is 23.0 Å². The Bertz CT molecular complexity index is 1030. The molecule has 0 bridgehead atoms. The van der Waals surface area contributed by atoms with E-state index < -0.39 is 0 Å². The Morgan fingerprint density at radius 3 is 2.50 bits per heavy atom. The number of rotatable bonds is 1. The number of benzene rings is 2. The first-order valence-electron chi connectivity index (χ1n) is 8.60. The second-order valence-corrected chi connectivity index (χ2v) is 6.56. The molecule has 3 aliphatic heterocycles. The summed E-state index contributed by atoms with van der Waals surface area (Å²) >= 11 is 0. The summed E-state index contributed by atoms with van der Waals surface area (Å²) in [6.07, 6.45) is 2.09. The number of nitrogens with zero attached hydrogens (tertiary/aromatic N) is 1. The van der Waals surface area contributed by atoms with Gasteiger partial charge in [0, 0.05) is 24.5 Å². The van der Waals surface area contributed by atoms with Crippen LogP contribution in [0, 0.1) is 0 Å². The first-order chi connectivity index (χ1) is 12.9. The molecule has 3 aromatic rings. The number of ether oxygens (including phenoxy) is 4. The van der Waals surface area contributed by atoms with Crippen molar-refractivity contribution in [3.05, 3.63) is 65.5 Å². The van der Waals surface area contributed by atoms with Crippen molar-refractivity contribution in [2.45, 2.75) is 12.6 Å². The van der Waals surface area contributed by atoms with Crippen molar-refractivity contribution < 1.29 is 18.9 Å². The van der Waals surface area contributed by atoms with E-state index in [-0.39, 0.29) is 19.6 Å². The van der Waals surface area contributed by atoms with Crippen molar-refractivity contribution in [3.8, 4) is 28.7 Å². The van der Waals surface area contributed by atoms with E-state index in [1.807, 2.05) is 6.07 Å². The van der Waals surface area contributed by atoms with Gasteiger partial charge in [-0.2, -0.15) is 0 Å². The minimum absolute atomic E-state index is 0.0450. The molecule has 6 heteroatoms. The zero-order chi connectivity index (χ0) is 17.1. The largest absolute Gasteiger partial charge is 0.454 e. The first-order valence-corrected chi connectivity index (χ1v) is 8.60. The summed E-state index contributed by atoms with van der Waals surface area (Å²) in [5.74, 6) is 3.20. The zero-order valence-electron chi connectivity index (χ0n) is 13.9. The quantitative estimate of drug-likeness (QED) is 0.732. The van der Waals surface area contributed by atoms with Crippen LogP contribution in [0.1, 0.15) is 22.9 Å². The monoisotopic (exact) mass is 348 g/mol. The number of nitrogens with one attached hydrogen (secondary N) is 1. The molecule has 0 fully saturated rings. The highest BCUT2D eigenvalue weighted by Gasteiger charge is 2.27. The van der Waals surface area contributed by atoms with Gasteiger partial charge in [-0.15, -0.1) is 0 Å². The molecule has 130 valence electrons. The van der Waals surface area contributed by atoms with Crippen LogP contribution in [0.4, 0.5) is 0 Å². The van der Waals surface area contributed by atoms with Gasteiger partial charge in [-0.25, -0.2) is 0 Å². The molecule has 6 rings (SSSR count). The Balaban J connectivity index is 1.48. The summed E-state index contributed by atoms with van der Waals surface area (Å²) in [6, 6.07) is 14.5. The molecule has 1 atom stereocenters. The van der Waals surface area contributed by atoms with Crippen molar-refractivity contribution in [2.75, 3.05) is 13.6 Å². The molecule has 0 aliphatic carbocycles. The maximum atomic E-state index is 5.57. The number of hydrogen-bond donors (Lipinski definition) is 1. The van der Waals surface area contributed by atoms with Crippen molar-refractivity contribution >= 4 is 0 Å². The lowest BCUT2D eigenvalue weighted by Crippen LogP contribution is -2.21. The smallest absolute Gasteiger partial charge is 0.231 e. The van der Waals surface area contributed by atoms with E-state index in [2.05, 4.69) is 52.5 Å². The molecule has 2 aromatic carbocycles. The molecule has 0 saturated heterocycles. The van der Waals surface area contributed by atoms with Gasteiger partial charge >= 0.3 is 0 Å². The fraction of sp³-hybridized carbons (Fsp3) is 0.200. The number of aromatic nitrogens is 1. The average molecular weight is 348 g/mol. The molecule has 0 amide bonds. The molecule has 1 aromatic heterocycles. The summed E-state index contributed by atoms with van der Waals surface area (Å²) in [6.45, 7) is 1.29. The fourth-order valence-corrected chi connectivity index (χ4v) is 3.89. The van der Waals surface area contributed by atoms with Crippen molar-refractivity contribution in [1.29, 1.82) is 0 Å². The van der Waals surface area contributed by atoms with Crippen molar-refractivity contribution in [3.63, 3.8) is 0 Å². The van der Waals surface area contributed by atoms with Gasteiger partial charge in [0.2, 0.25) is 13.6 Å². The summed E-state index contributed by atoms with van der Waals surface area (Å²) in [4.78, 5) is 0. The predicted octanol–water partition coefficient (Wildman–Crippen LogP) is 3.13. The maximum Gasteiger partial charge on any atom is 0.231 e. The van der Waals surface area contributed by atoms with E-state index >= 15 is 0 Å². The summed E-state index contributed by atoms with van der Waals surface area (Å²) in [5.41, 5.74) is 4.60. The molecule has 26 heavy (non-hydrogen) atoms. The molecule has 4 heterocycles. The highest BCUT2D eigenvalue weighted by molar-refractivity contribution is 5.57. The van der Waals surface area contributed by atoms with Gasteiger partial charge in [0.05, 0.1) is 11.7 Å². The van der Waals surface area contributed by atoms with Crippen LogP contribution in [-0.4, -0.2) is 18.2 Å². The Hall–Kier alpha value is -3.12. The molecule has 3 aliphatic rings. The maximum absolute atomic E-state index is 5.57. The molecule has 0 spiro atoms. The van der Waals surface area contributed by atoms with E-state index in [1.54, 1.807) is 0 Å². The van der Waals surface area contributed by atoms with Crippen LogP contribution >= 0.6 is 0 Å². The Labute approximate surface area is 149 Å². The van der Waals surface area contributed by atoms with Gasteiger partial charge in [0.15, 0.2) is 23.0 Å². The lowest BCUT2D eigenvalue weighted by molar-refractivity contribution is 0.173. The van der Waals surface area contributed by atoms with Gasteiger partial charge in [-0.1, -0.05) is 6.07 Å². The highest BCUT2D eigenvalue weighted by Crippen LogP contribution is 2.41. The minimum atomic E-state index is 0.0450. The van der Waals surface area contributed by atoms with Crippen LogP contribution in [0.3, 0.4) is 0 Å². The van der Waals surface area contributed by atoms with Gasteiger partial charge in [-0.3, -0.25) is 0 Å². The molecule has 0 saturated carbocycles. The molecule has 1 unspecified atom stereocenters. The van der Waals surface area contributed by atoms with E-state index in [9.17, 15) is 0 Å². The number of hydrogen-bond acceptors (Lipinski definition) is 5. The molecule has 1 N–H and O–H groups in total. The van der Waals surface area contributed by atoms with E-state index in [4.69, 9.17) is 18.9 Å². The topological polar surface area (TPSA) is 53.9 Å². The lowest BCUT2D eigenvalue weighted by Gasteiger charge is -2.18. The molecule has 0 radical (unpaired) electrons. The second kappa shape index (κ2) is 5.19. The van der Waals surface area contributed by atoms with Gasteiger partial charge in [-0.05, 0) is 41.5 Å². The zero-order valence-corrected chi connectivity index (χ0v) is 13.9. The lowest BCUT2D eigenvalue weighted by atomic mass is 10.0. The average Bonchev–Trinajstić information content (AvgIpc) is 3.39. The Kier molecular flexibility index (Phi) is 2.81. The molecule has 6 nitrogen and oxygen atoms in total. The van der Waals surface area contributed by atoms with Crippen LogP contribution in [0.2, 0.25) is 0 Å². The standard InChI is InChI=1S/C20H16N2O4/c1-2-14-20(12-3-4-16-17(6-12)24-10-23-16)21-9-13-7-18-19(26-11-25-18)8-15(13)22(14)5-1/h1-8,20-21H,9-11H2.